The van der Waals surface area contributed by atoms with Crippen LogP contribution in [0.1, 0.15) is 85.0 Å². The van der Waals surface area contributed by atoms with Crippen molar-refractivity contribution in [3.63, 3.8) is 0 Å². The van der Waals surface area contributed by atoms with Crippen molar-refractivity contribution in [3.05, 3.63) is 73.7 Å². The summed E-state index contributed by atoms with van der Waals surface area (Å²) in [6.45, 7) is 19.3. The molecule has 3 aromatic rings. The third-order valence-electron chi connectivity index (χ3n) is 6.87. The SMILES string of the molecule is [CH2-]C(CC(C)(C)C)C(=O)C(C)(C)C.[CH2-]OC1Cc2ccccc2-c2c(nnn2CCCC)-c2ccccc21.[Y]. The van der Waals surface area contributed by atoms with Gasteiger partial charge in [-0.25, -0.2) is 11.8 Å². The maximum atomic E-state index is 11.8. The molecule has 0 amide bonds. The Balaban J connectivity index is 0.000000328. The Morgan fingerprint density at radius 2 is 1.67 bits per heavy atom. The van der Waals surface area contributed by atoms with Crippen LogP contribution in [0.2, 0.25) is 0 Å². The van der Waals surface area contributed by atoms with E-state index in [0.29, 0.717) is 0 Å². The van der Waals surface area contributed by atoms with Gasteiger partial charge in [-0.15, -0.1) is 11.0 Å². The fourth-order valence-electron chi connectivity index (χ4n) is 5.05. The number of hydrogen-bond acceptors (Lipinski definition) is 4. The van der Waals surface area contributed by atoms with Crippen LogP contribution in [0.5, 0.6) is 0 Å². The predicted octanol–water partition coefficient (Wildman–Crippen LogP) is 8.30. The van der Waals surface area contributed by atoms with Crippen molar-refractivity contribution in [2.24, 2.45) is 16.7 Å². The number of nitrogens with zero attached hydrogens (tertiary/aromatic N) is 3. The number of unbranched alkanes of at least 4 members (excludes halogenated alkanes) is 1. The van der Waals surface area contributed by atoms with Gasteiger partial charge in [0.25, 0.3) is 0 Å². The number of Topliss-reactive ketones (excluding diaryl/α,β-unsaturated/α-hetero) is 1. The second-order valence-electron chi connectivity index (χ2n) is 12.5. The standard InChI is InChI=1S/C21H22N3O.C12H23O.Y/c1-3-4-13-24-21-16-10-6-5-9-15(16)14-19(25-2)17-11-7-8-12-18(17)20(21)22-23-24;1-9(8-11(2,3)4)10(13)12(5,6)7;/h5-12,19H,2-4,13-14H2,1H3;9H,1,8H2,2-7H3;/q2*-1;. The number of carbonyl (C=O) groups is 1. The Bertz CT molecular complexity index is 1220. The van der Waals surface area contributed by atoms with Crippen LogP contribution in [0.15, 0.2) is 48.5 Å². The van der Waals surface area contributed by atoms with Crippen LogP contribution in [0, 0.1) is 30.8 Å². The van der Waals surface area contributed by atoms with E-state index in [9.17, 15) is 4.79 Å². The molecule has 6 heteroatoms. The predicted molar refractivity (Wildman–Crippen MR) is 156 cm³/mol. The van der Waals surface area contributed by atoms with Gasteiger partial charge in [-0.1, -0.05) is 115 Å². The number of carbonyl (C=O) groups excluding carboxylic acids is 1. The summed E-state index contributed by atoms with van der Waals surface area (Å²) in [5.74, 6) is 0.197. The van der Waals surface area contributed by atoms with Crippen LogP contribution in [0.3, 0.4) is 0 Å². The fourth-order valence-corrected chi connectivity index (χ4v) is 5.05. The van der Waals surface area contributed by atoms with Gasteiger partial charge in [-0.3, -0.25) is 0 Å². The van der Waals surface area contributed by atoms with Crippen LogP contribution in [-0.4, -0.2) is 20.8 Å². The third-order valence-corrected chi connectivity index (χ3v) is 6.87. The number of ketones is 1. The second-order valence-corrected chi connectivity index (χ2v) is 12.5. The summed E-state index contributed by atoms with van der Waals surface area (Å²) < 4.78 is 7.65. The van der Waals surface area contributed by atoms with E-state index in [0.717, 1.165) is 54.7 Å². The monoisotopic (exact) mass is 604 g/mol. The molecule has 0 bridgehead atoms. The smallest absolute Gasteiger partial charge is 0.121 e. The van der Waals surface area contributed by atoms with Gasteiger partial charge < -0.3 is 16.5 Å². The minimum Gasteiger partial charge on any atom is -0.549 e. The van der Waals surface area contributed by atoms with Gasteiger partial charge in [0.2, 0.25) is 0 Å². The average Bonchev–Trinajstić information content (AvgIpc) is 3.26. The Hall–Kier alpha value is -1.69. The van der Waals surface area contributed by atoms with Gasteiger partial charge >= 0.3 is 0 Å². The maximum Gasteiger partial charge on any atom is 0.121 e. The number of rotatable bonds is 6. The minimum absolute atomic E-state index is 0. The van der Waals surface area contributed by atoms with Gasteiger partial charge in [-0.05, 0) is 23.0 Å². The maximum absolute atomic E-state index is 11.8. The van der Waals surface area contributed by atoms with E-state index in [1.54, 1.807) is 0 Å². The number of benzene rings is 2. The molecule has 2 unspecified atom stereocenters. The zero-order valence-electron chi connectivity index (χ0n) is 25.0. The summed E-state index contributed by atoms with van der Waals surface area (Å²) in [7, 11) is 3.71. The topological polar surface area (TPSA) is 57.0 Å². The molecule has 0 aliphatic heterocycles. The van der Waals surface area contributed by atoms with Crippen molar-refractivity contribution >= 4 is 5.78 Å². The summed E-state index contributed by atoms with van der Waals surface area (Å²) in [6, 6.07) is 16.8. The first-order valence-electron chi connectivity index (χ1n) is 13.8. The Labute approximate surface area is 261 Å². The molecule has 2 atom stereocenters. The molecule has 1 radical (unpaired) electrons. The first-order valence-corrected chi connectivity index (χ1v) is 13.8. The van der Waals surface area contributed by atoms with Crippen LogP contribution < -0.4 is 0 Å². The molecule has 209 valence electrons. The zero-order valence-corrected chi connectivity index (χ0v) is 27.8. The molecule has 2 aromatic carbocycles. The number of aromatic nitrogens is 3. The number of hydrogen-bond donors (Lipinski definition) is 0. The molecule has 0 saturated carbocycles. The molecule has 0 spiro atoms. The van der Waals surface area contributed by atoms with E-state index < -0.39 is 0 Å². The summed E-state index contributed by atoms with van der Waals surface area (Å²) in [4.78, 5) is 11.8. The summed E-state index contributed by atoms with van der Waals surface area (Å²) in [6.07, 6.45) is 3.78. The van der Waals surface area contributed by atoms with Gasteiger partial charge in [0.05, 0.1) is 11.8 Å². The van der Waals surface area contributed by atoms with Crippen molar-refractivity contribution in [3.8, 4) is 22.5 Å². The van der Waals surface area contributed by atoms with Crippen molar-refractivity contribution in [1.82, 2.24) is 15.0 Å². The molecule has 1 heterocycles. The van der Waals surface area contributed by atoms with Gasteiger partial charge in [0.1, 0.15) is 11.5 Å². The number of aryl methyl sites for hydroxylation is 1. The molecule has 5 nitrogen and oxygen atoms in total. The quantitative estimate of drug-likeness (QED) is 0.266. The Kier molecular flexibility index (Phi) is 12.3. The van der Waals surface area contributed by atoms with Crippen molar-refractivity contribution in [1.29, 1.82) is 0 Å². The zero-order chi connectivity index (χ0) is 28.1. The Morgan fingerprint density at radius 1 is 1.05 bits per heavy atom. The van der Waals surface area contributed by atoms with Crippen molar-refractivity contribution < 1.29 is 42.2 Å². The summed E-state index contributed by atoms with van der Waals surface area (Å²) in [5.41, 5.74) is 6.62. The van der Waals surface area contributed by atoms with Crippen molar-refractivity contribution in [2.45, 2.75) is 86.8 Å². The minimum atomic E-state index is -0.252. The van der Waals surface area contributed by atoms with E-state index >= 15 is 0 Å². The molecule has 1 aliphatic carbocycles. The third kappa shape index (κ3) is 8.65. The molecule has 1 aliphatic rings. The van der Waals surface area contributed by atoms with Crippen LogP contribution in [0.25, 0.3) is 22.5 Å². The first-order chi connectivity index (χ1) is 17.9. The van der Waals surface area contributed by atoms with E-state index in [4.69, 9.17) is 4.74 Å². The normalized spacial score (nSPS) is 15.3. The molecular formula is C33H45N3O2Y-2. The molecule has 0 fully saturated rings. The number of ether oxygens (including phenoxy) is 1. The van der Waals surface area contributed by atoms with E-state index in [1.165, 1.54) is 11.1 Å². The van der Waals surface area contributed by atoms with Crippen LogP contribution in [0.4, 0.5) is 0 Å². The molecule has 4 rings (SSSR count). The van der Waals surface area contributed by atoms with Gasteiger partial charge in [0.15, 0.2) is 0 Å². The van der Waals surface area contributed by atoms with E-state index in [1.807, 2.05) is 32.9 Å². The first kappa shape index (κ1) is 33.5. The Morgan fingerprint density at radius 3 is 2.26 bits per heavy atom. The van der Waals surface area contributed by atoms with Gasteiger partial charge in [-0.2, -0.15) is 0 Å². The molecule has 0 saturated heterocycles. The van der Waals surface area contributed by atoms with Crippen LogP contribution in [-0.2, 0) is 55.2 Å². The number of fused-ring (bicyclic) bond motifs is 5. The van der Waals surface area contributed by atoms with Crippen LogP contribution >= 0.6 is 0 Å². The van der Waals surface area contributed by atoms with Crippen molar-refractivity contribution in [2.75, 3.05) is 0 Å². The molecule has 0 N–H and O–H groups in total. The largest absolute Gasteiger partial charge is 0.549 e. The summed E-state index contributed by atoms with van der Waals surface area (Å²) >= 11 is 0. The molecule has 39 heavy (non-hydrogen) atoms. The summed E-state index contributed by atoms with van der Waals surface area (Å²) in [5, 5.41) is 9.03. The van der Waals surface area contributed by atoms with E-state index in [-0.39, 0.29) is 61.3 Å². The fraction of sp³-hybridized carbons (Fsp3) is 0.485. The molecule has 1 aromatic heterocycles. The second kappa shape index (κ2) is 14.3. The molecular weight excluding hydrogens is 559 g/mol. The van der Waals surface area contributed by atoms with Gasteiger partial charge in [0, 0.05) is 62.2 Å². The van der Waals surface area contributed by atoms with E-state index in [2.05, 4.69) is 93.1 Å². The average molecular weight is 605 g/mol.